The Hall–Kier alpha value is -0.610. The Morgan fingerprint density at radius 1 is 1.19 bits per heavy atom. The predicted molar refractivity (Wildman–Crippen MR) is 62.2 cm³/mol. The first-order valence-electron chi connectivity index (χ1n) is 6.57. The molecule has 2 heterocycles. The van der Waals surface area contributed by atoms with Gasteiger partial charge in [0, 0.05) is 31.7 Å². The Balaban J connectivity index is 1.46. The Labute approximate surface area is 97.0 Å². The predicted octanol–water partition coefficient (Wildman–Crippen LogP) is 0.0450. The van der Waals surface area contributed by atoms with Crippen molar-refractivity contribution >= 4 is 5.91 Å². The summed E-state index contributed by atoms with van der Waals surface area (Å²) in [4.78, 5) is 16.6. The van der Waals surface area contributed by atoms with E-state index in [1.165, 1.54) is 32.2 Å². The molecule has 0 aromatic carbocycles. The van der Waals surface area contributed by atoms with Gasteiger partial charge in [-0.05, 0) is 32.2 Å². The number of nitrogens with one attached hydrogen (secondary N) is 1. The molecule has 0 spiro atoms. The van der Waals surface area contributed by atoms with Gasteiger partial charge in [-0.2, -0.15) is 0 Å². The number of piperazine rings is 1. The largest absolute Gasteiger partial charge is 0.352 e. The van der Waals surface area contributed by atoms with Crippen molar-refractivity contribution in [3.05, 3.63) is 0 Å². The van der Waals surface area contributed by atoms with Crippen molar-refractivity contribution in [3.63, 3.8) is 0 Å². The van der Waals surface area contributed by atoms with Crippen molar-refractivity contribution in [2.24, 2.45) is 0 Å². The van der Waals surface area contributed by atoms with Gasteiger partial charge in [-0.25, -0.2) is 0 Å². The Kier molecular flexibility index (Phi) is 2.86. The Bertz CT molecular complexity index is 277. The summed E-state index contributed by atoms with van der Waals surface area (Å²) in [5, 5.41) is 3.07. The topological polar surface area (TPSA) is 35.6 Å². The van der Waals surface area contributed by atoms with Gasteiger partial charge in [0.05, 0.1) is 6.54 Å². The molecule has 3 rings (SSSR count). The van der Waals surface area contributed by atoms with Crippen LogP contribution >= 0.6 is 0 Å². The molecule has 1 amide bonds. The maximum Gasteiger partial charge on any atom is 0.234 e. The van der Waals surface area contributed by atoms with E-state index in [2.05, 4.69) is 15.1 Å². The number of hydrogen-bond acceptors (Lipinski definition) is 3. The van der Waals surface area contributed by atoms with Crippen LogP contribution in [0.4, 0.5) is 0 Å². The average molecular weight is 223 g/mol. The van der Waals surface area contributed by atoms with E-state index < -0.39 is 0 Å². The van der Waals surface area contributed by atoms with Crippen molar-refractivity contribution in [2.45, 2.75) is 37.8 Å². The minimum atomic E-state index is 0.231. The Morgan fingerprint density at radius 2 is 2.06 bits per heavy atom. The molecule has 90 valence electrons. The van der Waals surface area contributed by atoms with Crippen LogP contribution in [0.1, 0.15) is 25.7 Å². The first kappa shape index (κ1) is 10.5. The van der Waals surface area contributed by atoms with Crippen LogP contribution in [0, 0.1) is 0 Å². The van der Waals surface area contributed by atoms with Crippen molar-refractivity contribution < 1.29 is 4.79 Å². The summed E-state index contributed by atoms with van der Waals surface area (Å²) in [5.74, 6) is 0.231. The highest BCUT2D eigenvalue weighted by molar-refractivity contribution is 5.78. The third-order valence-electron chi connectivity index (χ3n) is 3.98. The smallest absolute Gasteiger partial charge is 0.234 e. The summed E-state index contributed by atoms with van der Waals surface area (Å²) < 4.78 is 0. The SMILES string of the molecule is O=C(CN1CCN2CCC[C@@H]2C1)NC1CC1. The van der Waals surface area contributed by atoms with E-state index in [-0.39, 0.29) is 5.91 Å². The van der Waals surface area contributed by atoms with Gasteiger partial charge in [-0.15, -0.1) is 0 Å². The van der Waals surface area contributed by atoms with E-state index in [1.807, 2.05) is 0 Å². The molecule has 3 aliphatic rings. The number of hydrogen-bond donors (Lipinski definition) is 1. The highest BCUT2D eigenvalue weighted by Crippen LogP contribution is 2.21. The molecule has 2 aliphatic heterocycles. The fraction of sp³-hybridized carbons (Fsp3) is 0.917. The van der Waals surface area contributed by atoms with Crippen molar-refractivity contribution in [1.29, 1.82) is 0 Å². The van der Waals surface area contributed by atoms with Crippen LogP contribution in [0.3, 0.4) is 0 Å². The summed E-state index contributed by atoms with van der Waals surface area (Å²) in [6.07, 6.45) is 5.03. The van der Waals surface area contributed by atoms with Crippen LogP contribution in [0.15, 0.2) is 0 Å². The van der Waals surface area contributed by atoms with Gasteiger partial charge in [0.2, 0.25) is 5.91 Å². The van der Waals surface area contributed by atoms with Crippen LogP contribution in [-0.2, 0) is 4.79 Å². The van der Waals surface area contributed by atoms with E-state index in [4.69, 9.17) is 0 Å². The normalized spacial score (nSPS) is 31.4. The molecule has 3 fully saturated rings. The molecule has 1 saturated carbocycles. The number of nitrogens with zero attached hydrogens (tertiary/aromatic N) is 2. The van der Waals surface area contributed by atoms with E-state index in [0.29, 0.717) is 12.6 Å². The molecule has 1 atom stereocenters. The molecule has 0 unspecified atom stereocenters. The summed E-state index contributed by atoms with van der Waals surface area (Å²) in [6.45, 7) is 5.20. The van der Waals surface area contributed by atoms with Gasteiger partial charge < -0.3 is 5.32 Å². The lowest BCUT2D eigenvalue weighted by molar-refractivity contribution is -0.123. The average Bonchev–Trinajstić information content (AvgIpc) is 2.95. The molecule has 4 heteroatoms. The van der Waals surface area contributed by atoms with Gasteiger partial charge in [0.1, 0.15) is 0 Å². The standard InChI is InChI=1S/C12H21N3O/c16-12(13-10-3-4-10)9-14-6-7-15-5-1-2-11(15)8-14/h10-11H,1-9H2,(H,13,16)/t11-/m1/s1. The second kappa shape index (κ2) is 4.34. The molecular formula is C12H21N3O. The third kappa shape index (κ3) is 2.38. The zero-order valence-corrected chi connectivity index (χ0v) is 9.82. The summed E-state index contributed by atoms with van der Waals surface area (Å²) >= 11 is 0. The van der Waals surface area contributed by atoms with Crippen LogP contribution in [0.5, 0.6) is 0 Å². The zero-order valence-electron chi connectivity index (χ0n) is 9.82. The lowest BCUT2D eigenvalue weighted by atomic mass is 10.1. The summed E-state index contributed by atoms with van der Waals surface area (Å²) in [7, 11) is 0. The monoisotopic (exact) mass is 223 g/mol. The lowest BCUT2D eigenvalue weighted by Crippen LogP contribution is -2.52. The highest BCUT2D eigenvalue weighted by Gasteiger charge is 2.31. The van der Waals surface area contributed by atoms with Crippen molar-refractivity contribution in [3.8, 4) is 0 Å². The quantitative estimate of drug-likeness (QED) is 0.734. The van der Waals surface area contributed by atoms with Gasteiger partial charge in [0.25, 0.3) is 0 Å². The second-order valence-electron chi connectivity index (χ2n) is 5.41. The number of carbonyl (C=O) groups excluding carboxylic acids is 1. The van der Waals surface area contributed by atoms with Gasteiger partial charge in [0.15, 0.2) is 0 Å². The molecule has 0 radical (unpaired) electrons. The minimum absolute atomic E-state index is 0.231. The summed E-state index contributed by atoms with van der Waals surface area (Å²) in [6, 6.07) is 1.22. The molecule has 1 N–H and O–H groups in total. The molecule has 0 aromatic heterocycles. The van der Waals surface area contributed by atoms with E-state index >= 15 is 0 Å². The first-order chi connectivity index (χ1) is 7.81. The fourth-order valence-corrected chi connectivity index (χ4v) is 2.90. The third-order valence-corrected chi connectivity index (χ3v) is 3.98. The highest BCUT2D eigenvalue weighted by atomic mass is 16.2. The Morgan fingerprint density at radius 3 is 2.88 bits per heavy atom. The van der Waals surface area contributed by atoms with Gasteiger partial charge in [-0.1, -0.05) is 0 Å². The summed E-state index contributed by atoms with van der Waals surface area (Å²) in [5.41, 5.74) is 0. The number of amides is 1. The molecule has 4 nitrogen and oxygen atoms in total. The number of fused-ring (bicyclic) bond motifs is 1. The molecule has 16 heavy (non-hydrogen) atoms. The maximum absolute atomic E-state index is 11.7. The van der Waals surface area contributed by atoms with Crippen molar-refractivity contribution in [1.82, 2.24) is 15.1 Å². The van der Waals surface area contributed by atoms with Gasteiger partial charge in [-0.3, -0.25) is 14.6 Å². The minimum Gasteiger partial charge on any atom is -0.352 e. The van der Waals surface area contributed by atoms with Crippen LogP contribution in [0.25, 0.3) is 0 Å². The molecule has 0 bridgehead atoms. The number of carbonyl (C=O) groups is 1. The maximum atomic E-state index is 11.7. The fourth-order valence-electron chi connectivity index (χ4n) is 2.90. The zero-order chi connectivity index (χ0) is 11.0. The molecule has 1 aliphatic carbocycles. The molecule has 2 saturated heterocycles. The van der Waals surface area contributed by atoms with E-state index in [1.54, 1.807) is 0 Å². The van der Waals surface area contributed by atoms with Crippen LogP contribution in [0.2, 0.25) is 0 Å². The van der Waals surface area contributed by atoms with Gasteiger partial charge >= 0.3 is 0 Å². The molecule has 0 aromatic rings. The first-order valence-corrected chi connectivity index (χ1v) is 6.57. The lowest BCUT2D eigenvalue weighted by Gasteiger charge is -2.37. The molecular weight excluding hydrogens is 202 g/mol. The van der Waals surface area contributed by atoms with Crippen LogP contribution < -0.4 is 5.32 Å². The van der Waals surface area contributed by atoms with E-state index in [9.17, 15) is 4.79 Å². The number of rotatable bonds is 3. The van der Waals surface area contributed by atoms with Crippen LogP contribution in [-0.4, -0.2) is 60.5 Å². The van der Waals surface area contributed by atoms with E-state index in [0.717, 1.165) is 25.7 Å². The van der Waals surface area contributed by atoms with Crippen molar-refractivity contribution in [2.75, 3.05) is 32.7 Å². The second-order valence-corrected chi connectivity index (χ2v) is 5.41.